The van der Waals surface area contributed by atoms with Crippen molar-refractivity contribution in [3.8, 4) is 11.3 Å². The minimum Gasteiger partial charge on any atom is -0.278 e. The van der Waals surface area contributed by atoms with Gasteiger partial charge in [0.25, 0.3) is 0 Å². The van der Waals surface area contributed by atoms with Crippen molar-refractivity contribution >= 4 is 28.2 Å². The summed E-state index contributed by atoms with van der Waals surface area (Å²) >= 11 is 5.94. The van der Waals surface area contributed by atoms with E-state index in [-0.39, 0.29) is 0 Å². The summed E-state index contributed by atoms with van der Waals surface area (Å²) in [5.74, 6) is 0. The van der Waals surface area contributed by atoms with Crippen LogP contribution < -0.4 is 0 Å². The molecular weight excluding hydrogens is 262 g/mol. The molecule has 0 fully saturated rings. The number of aromatic nitrogens is 5. The van der Waals surface area contributed by atoms with E-state index in [9.17, 15) is 0 Å². The highest BCUT2D eigenvalue weighted by Gasteiger charge is 2.08. The Hall–Kier alpha value is -2.40. The Bertz CT molecular complexity index is 892. The van der Waals surface area contributed by atoms with Gasteiger partial charge in [0, 0.05) is 10.9 Å². The van der Waals surface area contributed by atoms with E-state index in [0.29, 0.717) is 5.15 Å². The predicted octanol–water partition coefficient (Wildman–Crippen LogP) is 2.93. The lowest BCUT2D eigenvalue weighted by Crippen LogP contribution is -1.93. The fraction of sp³-hybridized carbons (Fsp3) is 0. The van der Waals surface area contributed by atoms with Crippen LogP contribution in [0.4, 0.5) is 0 Å². The molecule has 1 aromatic carbocycles. The number of hydrogen-bond donors (Lipinski definition) is 1. The van der Waals surface area contributed by atoms with Gasteiger partial charge in [-0.3, -0.25) is 5.10 Å². The molecule has 0 spiro atoms. The lowest BCUT2D eigenvalue weighted by atomic mass is 10.1. The van der Waals surface area contributed by atoms with E-state index in [0.717, 1.165) is 27.8 Å². The molecular formula is C13H8ClN5. The summed E-state index contributed by atoms with van der Waals surface area (Å²) in [6, 6.07) is 9.61. The Kier molecular flexibility index (Phi) is 2.10. The minimum absolute atomic E-state index is 0.441. The molecule has 0 atom stereocenters. The number of benzene rings is 1. The summed E-state index contributed by atoms with van der Waals surface area (Å²) in [5.41, 5.74) is 3.70. The number of rotatable bonds is 1. The molecule has 6 heteroatoms. The Morgan fingerprint density at radius 2 is 2.05 bits per heavy atom. The predicted molar refractivity (Wildman–Crippen MR) is 73.1 cm³/mol. The molecule has 5 nitrogen and oxygen atoms in total. The Balaban J connectivity index is 2.00. The number of imidazole rings is 1. The number of nitrogens with zero attached hydrogens (tertiary/aromatic N) is 4. The summed E-state index contributed by atoms with van der Waals surface area (Å²) < 4.78 is 1.74. The van der Waals surface area contributed by atoms with Crippen LogP contribution in [0.1, 0.15) is 0 Å². The maximum Gasteiger partial charge on any atom is 0.154 e. The molecule has 0 aliphatic carbocycles. The third kappa shape index (κ3) is 1.59. The molecule has 0 unspecified atom stereocenters. The average molecular weight is 270 g/mol. The molecule has 19 heavy (non-hydrogen) atoms. The number of hydrogen-bond acceptors (Lipinski definition) is 3. The van der Waals surface area contributed by atoms with Crippen LogP contribution in [-0.4, -0.2) is 24.8 Å². The van der Waals surface area contributed by atoms with Gasteiger partial charge in [0.05, 0.1) is 23.6 Å². The molecule has 4 aromatic rings. The standard InChI is InChI=1S/C13H8ClN5/c14-12-3-4-13-15-7-11(19(13)18-12)8-1-2-10-9(5-8)6-16-17-10/h1-7H,(H,16,17). The molecule has 0 radical (unpaired) electrons. The second-order valence-corrected chi connectivity index (χ2v) is 4.63. The van der Waals surface area contributed by atoms with Gasteiger partial charge < -0.3 is 0 Å². The van der Waals surface area contributed by atoms with Gasteiger partial charge in [-0.25, -0.2) is 9.50 Å². The number of fused-ring (bicyclic) bond motifs is 2. The van der Waals surface area contributed by atoms with Crippen LogP contribution in [0.25, 0.3) is 27.8 Å². The molecule has 0 aliphatic heterocycles. The Labute approximate surface area is 112 Å². The number of aromatic amines is 1. The SMILES string of the molecule is Clc1ccc2ncc(-c3ccc4[nH]ncc4c3)n2n1. The monoisotopic (exact) mass is 269 g/mol. The third-order valence-corrected chi connectivity index (χ3v) is 3.27. The van der Waals surface area contributed by atoms with Crippen molar-refractivity contribution in [2.24, 2.45) is 0 Å². The highest BCUT2D eigenvalue weighted by Crippen LogP contribution is 2.24. The number of halogens is 1. The van der Waals surface area contributed by atoms with Crippen molar-refractivity contribution in [1.29, 1.82) is 0 Å². The third-order valence-electron chi connectivity index (χ3n) is 3.07. The zero-order valence-corrected chi connectivity index (χ0v) is 10.5. The average Bonchev–Trinajstić information content (AvgIpc) is 3.03. The maximum atomic E-state index is 5.94. The van der Waals surface area contributed by atoms with E-state index in [1.807, 2.05) is 24.3 Å². The van der Waals surface area contributed by atoms with Crippen molar-refractivity contribution in [2.75, 3.05) is 0 Å². The summed E-state index contributed by atoms with van der Waals surface area (Å²) in [7, 11) is 0. The van der Waals surface area contributed by atoms with Crippen LogP contribution in [0, 0.1) is 0 Å². The molecule has 0 saturated carbocycles. The second kappa shape index (κ2) is 3.80. The highest BCUT2D eigenvalue weighted by atomic mass is 35.5. The Morgan fingerprint density at radius 3 is 3.00 bits per heavy atom. The normalized spacial score (nSPS) is 11.4. The van der Waals surface area contributed by atoms with Crippen LogP contribution in [0.15, 0.2) is 42.7 Å². The molecule has 4 rings (SSSR count). The first-order valence-electron chi connectivity index (χ1n) is 5.75. The molecule has 1 N–H and O–H groups in total. The summed E-state index contributed by atoms with van der Waals surface area (Å²) in [6.07, 6.45) is 3.59. The fourth-order valence-corrected chi connectivity index (χ4v) is 2.29. The van der Waals surface area contributed by atoms with Crippen LogP contribution >= 0.6 is 11.6 Å². The van der Waals surface area contributed by atoms with Gasteiger partial charge in [-0.1, -0.05) is 17.7 Å². The smallest absolute Gasteiger partial charge is 0.154 e. The van der Waals surface area contributed by atoms with Crippen LogP contribution in [0.5, 0.6) is 0 Å². The van der Waals surface area contributed by atoms with Gasteiger partial charge in [-0.15, -0.1) is 0 Å². The molecule has 0 aliphatic rings. The minimum atomic E-state index is 0.441. The van der Waals surface area contributed by atoms with Crippen molar-refractivity contribution < 1.29 is 0 Å². The molecule has 92 valence electrons. The summed E-state index contributed by atoms with van der Waals surface area (Å²) in [5, 5.41) is 12.7. The maximum absolute atomic E-state index is 5.94. The van der Waals surface area contributed by atoms with Crippen LogP contribution in [-0.2, 0) is 0 Å². The van der Waals surface area contributed by atoms with E-state index in [1.165, 1.54) is 0 Å². The van der Waals surface area contributed by atoms with Gasteiger partial charge >= 0.3 is 0 Å². The first kappa shape index (κ1) is 10.5. The van der Waals surface area contributed by atoms with Gasteiger partial charge in [0.2, 0.25) is 0 Å². The van der Waals surface area contributed by atoms with Gasteiger partial charge in [-0.05, 0) is 24.3 Å². The largest absolute Gasteiger partial charge is 0.278 e. The lowest BCUT2D eigenvalue weighted by Gasteiger charge is -2.01. The second-order valence-electron chi connectivity index (χ2n) is 4.24. The molecule has 3 heterocycles. The van der Waals surface area contributed by atoms with Crippen LogP contribution in [0.3, 0.4) is 0 Å². The summed E-state index contributed by atoms with van der Waals surface area (Å²) in [6.45, 7) is 0. The van der Waals surface area contributed by atoms with Gasteiger partial charge in [-0.2, -0.15) is 10.2 Å². The Morgan fingerprint density at radius 1 is 1.11 bits per heavy atom. The number of nitrogens with one attached hydrogen (secondary N) is 1. The van der Waals surface area contributed by atoms with Crippen molar-refractivity contribution in [2.45, 2.75) is 0 Å². The molecule has 0 bridgehead atoms. The fourth-order valence-electron chi connectivity index (χ4n) is 2.15. The van der Waals surface area contributed by atoms with E-state index in [1.54, 1.807) is 23.0 Å². The first-order valence-corrected chi connectivity index (χ1v) is 6.13. The van der Waals surface area contributed by atoms with Crippen LogP contribution in [0.2, 0.25) is 5.15 Å². The summed E-state index contributed by atoms with van der Waals surface area (Å²) in [4.78, 5) is 4.32. The molecule has 0 saturated heterocycles. The van der Waals surface area contributed by atoms with E-state index in [4.69, 9.17) is 11.6 Å². The van der Waals surface area contributed by atoms with Crippen molar-refractivity contribution in [3.05, 3.63) is 47.9 Å². The molecule has 0 amide bonds. The lowest BCUT2D eigenvalue weighted by molar-refractivity contribution is 0.943. The van der Waals surface area contributed by atoms with E-state index < -0.39 is 0 Å². The molecule has 3 aromatic heterocycles. The van der Waals surface area contributed by atoms with Crippen molar-refractivity contribution in [1.82, 2.24) is 24.8 Å². The van der Waals surface area contributed by atoms with Gasteiger partial charge in [0.1, 0.15) is 5.15 Å². The van der Waals surface area contributed by atoms with E-state index in [2.05, 4.69) is 20.3 Å². The zero-order valence-electron chi connectivity index (χ0n) is 9.71. The number of H-pyrrole nitrogens is 1. The van der Waals surface area contributed by atoms with Crippen molar-refractivity contribution in [3.63, 3.8) is 0 Å². The van der Waals surface area contributed by atoms with Gasteiger partial charge in [0.15, 0.2) is 5.65 Å². The highest BCUT2D eigenvalue weighted by molar-refractivity contribution is 6.29. The topological polar surface area (TPSA) is 58.9 Å². The first-order chi connectivity index (χ1) is 9.31. The van der Waals surface area contributed by atoms with E-state index >= 15 is 0 Å². The zero-order chi connectivity index (χ0) is 12.8. The quantitative estimate of drug-likeness (QED) is 0.578.